The standard InChI is InChI=1S/C14H12Cl2F3NO3/c1-3-22-12(21)13(14(17,18)19)5-4-7-6-8(15)10(20-2)9(16)11(7)23-13/h4-6,20H,3H2,1-2H3. The first-order chi connectivity index (χ1) is 10.7. The van der Waals surface area contributed by atoms with Gasteiger partial charge in [0.2, 0.25) is 0 Å². The van der Waals surface area contributed by atoms with E-state index < -0.39 is 17.7 Å². The van der Waals surface area contributed by atoms with E-state index in [0.29, 0.717) is 6.08 Å². The molecule has 23 heavy (non-hydrogen) atoms. The van der Waals surface area contributed by atoms with Crippen LogP contribution in [-0.2, 0) is 9.53 Å². The Balaban J connectivity index is 2.62. The summed E-state index contributed by atoms with van der Waals surface area (Å²) in [5.41, 5.74) is -2.83. The van der Waals surface area contributed by atoms with Gasteiger partial charge in [-0.25, -0.2) is 4.79 Å². The highest BCUT2D eigenvalue weighted by Gasteiger charge is 2.64. The van der Waals surface area contributed by atoms with Crippen LogP contribution in [-0.4, -0.2) is 31.4 Å². The highest BCUT2D eigenvalue weighted by molar-refractivity contribution is 6.40. The van der Waals surface area contributed by atoms with Crippen LogP contribution >= 0.6 is 23.2 Å². The van der Waals surface area contributed by atoms with Gasteiger partial charge in [-0.15, -0.1) is 0 Å². The van der Waals surface area contributed by atoms with Crippen LogP contribution in [0.4, 0.5) is 18.9 Å². The fraction of sp³-hybridized carbons (Fsp3) is 0.357. The summed E-state index contributed by atoms with van der Waals surface area (Å²) in [6.07, 6.45) is -3.35. The second-order valence-corrected chi connectivity index (χ2v) is 5.39. The summed E-state index contributed by atoms with van der Waals surface area (Å²) in [7, 11) is 1.50. The molecule has 1 heterocycles. The molecule has 126 valence electrons. The van der Waals surface area contributed by atoms with Gasteiger partial charge in [-0.05, 0) is 19.1 Å². The molecule has 0 saturated heterocycles. The van der Waals surface area contributed by atoms with Crippen LogP contribution in [0, 0.1) is 0 Å². The Bertz CT molecular complexity index is 676. The second-order valence-electron chi connectivity index (χ2n) is 4.60. The number of alkyl halides is 3. The smallest absolute Gasteiger partial charge is 0.443 e. The van der Waals surface area contributed by atoms with E-state index in [-0.39, 0.29) is 33.7 Å². The molecule has 0 radical (unpaired) electrons. The third kappa shape index (κ3) is 2.83. The molecule has 1 aliphatic heterocycles. The molecule has 0 fully saturated rings. The van der Waals surface area contributed by atoms with E-state index in [1.165, 1.54) is 20.0 Å². The van der Waals surface area contributed by atoms with Gasteiger partial charge < -0.3 is 14.8 Å². The van der Waals surface area contributed by atoms with Crippen molar-refractivity contribution in [3.8, 4) is 5.75 Å². The first-order valence-electron chi connectivity index (χ1n) is 6.50. The lowest BCUT2D eigenvalue weighted by Crippen LogP contribution is -2.56. The van der Waals surface area contributed by atoms with Crippen molar-refractivity contribution in [3.63, 3.8) is 0 Å². The molecule has 9 heteroatoms. The lowest BCUT2D eigenvalue weighted by atomic mass is 9.97. The first kappa shape index (κ1) is 17.7. The fourth-order valence-electron chi connectivity index (χ4n) is 2.09. The van der Waals surface area contributed by atoms with Gasteiger partial charge in [-0.3, -0.25) is 0 Å². The summed E-state index contributed by atoms with van der Waals surface area (Å²) in [5, 5.41) is 2.72. The van der Waals surface area contributed by atoms with Crippen molar-refractivity contribution in [2.45, 2.75) is 18.7 Å². The zero-order chi connectivity index (χ0) is 17.4. The number of hydrogen-bond donors (Lipinski definition) is 1. The summed E-state index contributed by atoms with van der Waals surface area (Å²) in [6, 6.07) is 1.39. The van der Waals surface area contributed by atoms with E-state index in [9.17, 15) is 18.0 Å². The molecule has 0 aromatic heterocycles. The topological polar surface area (TPSA) is 47.6 Å². The molecule has 0 spiro atoms. The van der Waals surface area contributed by atoms with E-state index >= 15 is 0 Å². The molecular weight excluding hydrogens is 358 g/mol. The summed E-state index contributed by atoms with van der Waals surface area (Å²) < 4.78 is 50.0. The first-order valence-corrected chi connectivity index (χ1v) is 7.25. The Labute approximate surface area is 140 Å². The maximum Gasteiger partial charge on any atom is 0.443 e. The van der Waals surface area contributed by atoms with Crippen molar-refractivity contribution >= 4 is 40.9 Å². The predicted molar refractivity (Wildman–Crippen MR) is 81.1 cm³/mol. The average Bonchev–Trinajstić information content (AvgIpc) is 2.46. The zero-order valence-corrected chi connectivity index (χ0v) is 13.6. The van der Waals surface area contributed by atoms with E-state index in [1.54, 1.807) is 0 Å². The van der Waals surface area contributed by atoms with Crippen LogP contribution < -0.4 is 10.1 Å². The second kappa shape index (κ2) is 6.13. The molecule has 1 aromatic rings. The number of carbonyl (C=O) groups excluding carboxylic acids is 1. The predicted octanol–water partition coefficient (Wildman–Crippen LogP) is 4.30. The van der Waals surface area contributed by atoms with Crippen molar-refractivity contribution in [3.05, 3.63) is 27.8 Å². The van der Waals surface area contributed by atoms with Gasteiger partial charge in [0.05, 0.1) is 17.3 Å². The SMILES string of the molecule is CCOC(=O)C1(C(F)(F)F)C=Cc2cc(Cl)c(NC)c(Cl)c2O1. The van der Waals surface area contributed by atoms with Crippen LogP contribution in [0.25, 0.3) is 6.08 Å². The Hall–Kier alpha value is -1.60. The molecule has 1 unspecified atom stereocenters. The summed E-state index contributed by atoms with van der Waals surface area (Å²) in [6.45, 7) is 1.17. The van der Waals surface area contributed by atoms with Gasteiger partial charge in [0.1, 0.15) is 10.8 Å². The minimum Gasteiger partial charge on any atom is -0.463 e. The Morgan fingerprint density at radius 1 is 1.43 bits per heavy atom. The van der Waals surface area contributed by atoms with E-state index in [0.717, 1.165) is 6.08 Å². The van der Waals surface area contributed by atoms with Gasteiger partial charge in [0, 0.05) is 12.6 Å². The number of halogens is 5. The Morgan fingerprint density at radius 2 is 2.09 bits per heavy atom. The number of nitrogens with one attached hydrogen (secondary N) is 1. The molecule has 1 N–H and O–H groups in total. The zero-order valence-electron chi connectivity index (χ0n) is 12.1. The Kier molecular flexibility index (Phi) is 4.73. The van der Waals surface area contributed by atoms with Crippen molar-refractivity contribution in [2.75, 3.05) is 19.0 Å². The highest BCUT2D eigenvalue weighted by Crippen LogP contribution is 2.48. The van der Waals surface area contributed by atoms with Crippen LogP contribution in [0.2, 0.25) is 10.0 Å². The Morgan fingerprint density at radius 3 is 2.61 bits per heavy atom. The molecule has 0 bridgehead atoms. The molecular formula is C14H12Cl2F3NO3. The maximum atomic E-state index is 13.5. The van der Waals surface area contributed by atoms with E-state index in [4.69, 9.17) is 27.9 Å². The molecule has 2 rings (SSSR count). The number of anilines is 1. The van der Waals surface area contributed by atoms with Gasteiger partial charge in [-0.2, -0.15) is 13.2 Å². The van der Waals surface area contributed by atoms with Gasteiger partial charge in [-0.1, -0.05) is 29.3 Å². The molecule has 1 aliphatic rings. The number of fused-ring (bicyclic) bond motifs is 1. The third-order valence-electron chi connectivity index (χ3n) is 3.21. The maximum absolute atomic E-state index is 13.5. The van der Waals surface area contributed by atoms with Crippen molar-refractivity contribution in [2.24, 2.45) is 0 Å². The van der Waals surface area contributed by atoms with Gasteiger partial charge in [0.25, 0.3) is 0 Å². The lowest BCUT2D eigenvalue weighted by Gasteiger charge is -2.34. The molecule has 1 aromatic carbocycles. The largest absolute Gasteiger partial charge is 0.463 e. The van der Waals surface area contributed by atoms with E-state index in [1.807, 2.05) is 0 Å². The van der Waals surface area contributed by atoms with Crippen molar-refractivity contribution in [1.82, 2.24) is 0 Å². The number of ether oxygens (including phenoxy) is 2. The summed E-state index contributed by atoms with van der Waals surface area (Å²) in [4.78, 5) is 11.9. The monoisotopic (exact) mass is 369 g/mol. The molecule has 0 aliphatic carbocycles. The molecule has 1 atom stereocenters. The number of carbonyl (C=O) groups is 1. The third-order valence-corrected chi connectivity index (χ3v) is 3.87. The minimum atomic E-state index is -5.03. The fourth-order valence-corrected chi connectivity index (χ4v) is 2.79. The van der Waals surface area contributed by atoms with Gasteiger partial charge in [0.15, 0.2) is 0 Å². The van der Waals surface area contributed by atoms with Crippen LogP contribution in [0.5, 0.6) is 5.75 Å². The quantitative estimate of drug-likeness (QED) is 0.806. The summed E-state index contributed by atoms with van der Waals surface area (Å²) in [5.74, 6) is -1.86. The lowest BCUT2D eigenvalue weighted by molar-refractivity contribution is -0.238. The minimum absolute atomic E-state index is 0.155. The number of hydrogen-bond acceptors (Lipinski definition) is 4. The highest BCUT2D eigenvalue weighted by atomic mass is 35.5. The normalized spacial score (nSPS) is 19.8. The van der Waals surface area contributed by atoms with Crippen LogP contribution in [0.1, 0.15) is 12.5 Å². The van der Waals surface area contributed by atoms with Crippen LogP contribution in [0.3, 0.4) is 0 Å². The average molecular weight is 370 g/mol. The summed E-state index contributed by atoms with van der Waals surface area (Å²) >= 11 is 12.1. The van der Waals surface area contributed by atoms with Crippen molar-refractivity contribution < 1.29 is 27.4 Å². The van der Waals surface area contributed by atoms with Crippen LogP contribution in [0.15, 0.2) is 12.1 Å². The van der Waals surface area contributed by atoms with E-state index in [2.05, 4.69) is 10.1 Å². The molecule has 0 amide bonds. The number of benzene rings is 1. The van der Waals surface area contributed by atoms with Gasteiger partial charge >= 0.3 is 17.7 Å². The number of rotatable bonds is 3. The molecule has 4 nitrogen and oxygen atoms in total. The number of esters is 1. The van der Waals surface area contributed by atoms with Crippen molar-refractivity contribution in [1.29, 1.82) is 0 Å². The molecule has 0 saturated carbocycles.